The number of rotatable bonds is 8. The maximum Gasteiger partial charge on any atom is 0.191 e. The van der Waals surface area contributed by atoms with Gasteiger partial charge in [-0.05, 0) is 30.2 Å². The van der Waals surface area contributed by atoms with Crippen LogP contribution in [0.15, 0.2) is 47.5 Å². The highest BCUT2D eigenvalue weighted by Gasteiger charge is 2.22. The molecular weight excluding hydrogens is 392 g/mol. The summed E-state index contributed by atoms with van der Waals surface area (Å²) in [6.45, 7) is 6.91. The lowest BCUT2D eigenvalue weighted by Gasteiger charge is -2.35. The Morgan fingerprint density at radius 1 is 1.03 bits per heavy atom. The molecule has 1 saturated heterocycles. The summed E-state index contributed by atoms with van der Waals surface area (Å²) in [6.07, 6.45) is 0. The molecule has 1 atom stereocenters. The van der Waals surface area contributed by atoms with Crippen LogP contribution in [0.1, 0.15) is 22.7 Å². The Kier molecular flexibility index (Phi) is 8.55. The zero-order valence-corrected chi connectivity index (χ0v) is 19.0. The Bertz CT molecular complexity index is 848. The summed E-state index contributed by atoms with van der Waals surface area (Å²) in [5, 5.41) is 6.89. The van der Waals surface area contributed by atoms with Gasteiger partial charge in [0, 0.05) is 33.2 Å². The molecular formula is C24H34N4O3. The van der Waals surface area contributed by atoms with Crippen molar-refractivity contribution in [3.63, 3.8) is 0 Å². The molecule has 7 heteroatoms. The van der Waals surface area contributed by atoms with Gasteiger partial charge in [-0.25, -0.2) is 0 Å². The van der Waals surface area contributed by atoms with Gasteiger partial charge in [-0.3, -0.25) is 9.89 Å². The topological polar surface area (TPSA) is 67.4 Å². The van der Waals surface area contributed by atoms with E-state index in [0.717, 1.165) is 55.9 Å². The van der Waals surface area contributed by atoms with E-state index in [1.54, 1.807) is 21.3 Å². The Hall–Kier alpha value is -2.77. The largest absolute Gasteiger partial charge is 0.493 e. The van der Waals surface area contributed by atoms with Gasteiger partial charge in [0.05, 0.1) is 33.5 Å². The number of guanidine groups is 1. The third-order valence-electron chi connectivity index (χ3n) is 5.54. The second kappa shape index (κ2) is 11.6. The number of nitrogens with zero attached hydrogens (tertiary/aromatic N) is 2. The number of ether oxygens (including phenoxy) is 3. The molecule has 1 aliphatic heterocycles. The standard InChI is InChI=1S/C24H34N4O3/c1-18-5-8-20(9-6-18)21(28-11-13-31-14-12-28)17-27-24(25-2)26-16-19-7-10-22(29-3)23(15-19)30-4/h5-10,15,21H,11-14,16-17H2,1-4H3,(H2,25,26,27). The number of aryl methyl sites for hydroxylation is 1. The monoisotopic (exact) mass is 426 g/mol. The van der Waals surface area contributed by atoms with E-state index in [2.05, 4.69) is 51.7 Å². The molecule has 2 aromatic rings. The van der Waals surface area contributed by atoms with E-state index in [4.69, 9.17) is 14.2 Å². The number of methoxy groups -OCH3 is 2. The van der Waals surface area contributed by atoms with Gasteiger partial charge in [0.25, 0.3) is 0 Å². The molecule has 0 bridgehead atoms. The van der Waals surface area contributed by atoms with Crippen molar-refractivity contribution in [2.75, 3.05) is 54.1 Å². The third-order valence-corrected chi connectivity index (χ3v) is 5.54. The molecule has 2 N–H and O–H groups in total. The first-order valence-electron chi connectivity index (χ1n) is 10.7. The Balaban J connectivity index is 1.63. The van der Waals surface area contributed by atoms with Gasteiger partial charge in [0.2, 0.25) is 0 Å². The van der Waals surface area contributed by atoms with E-state index in [1.165, 1.54) is 11.1 Å². The number of hydrogen-bond donors (Lipinski definition) is 2. The maximum atomic E-state index is 5.56. The fourth-order valence-electron chi connectivity index (χ4n) is 3.73. The molecule has 0 spiro atoms. The van der Waals surface area contributed by atoms with E-state index in [-0.39, 0.29) is 6.04 Å². The molecule has 0 aromatic heterocycles. The molecule has 7 nitrogen and oxygen atoms in total. The smallest absolute Gasteiger partial charge is 0.191 e. The molecule has 0 amide bonds. The summed E-state index contributed by atoms with van der Waals surface area (Å²) in [6, 6.07) is 14.9. The predicted octanol–water partition coefficient (Wildman–Crippen LogP) is 2.75. The predicted molar refractivity (Wildman–Crippen MR) is 124 cm³/mol. The number of nitrogens with one attached hydrogen (secondary N) is 2. The van der Waals surface area contributed by atoms with Crippen LogP contribution in [0, 0.1) is 6.92 Å². The van der Waals surface area contributed by atoms with Crippen LogP contribution in [0.2, 0.25) is 0 Å². The lowest BCUT2D eigenvalue weighted by molar-refractivity contribution is 0.0170. The quantitative estimate of drug-likeness (QED) is 0.500. The normalized spacial score (nSPS) is 15.9. The third kappa shape index (κ3) is 6.35. The summed E-state index contributed by atoms with van der Waals surface area (Å²) in [5.74, 6) is 2.21. The van der Waals surface area contributed by atoms with Crippen LogP contribution in [-0.4, -0.2) is 65.0 Å². The Labute approximate surface area is 185 Å². The number of benzene rings is 2. The Morgan fingerprint density at radius 2 is 1.74 bits per heavy atom. The minimum atomic E-state index is 0.254. The van der Waals surface area contributed by atoms with E-state index in [1.807, 2.05) is 18.2 Å². The average molecular weight is 427 g/mol. The fourth-order valence-corrected chi connectivity index (χ4v) is 3.73. The summed E-state index contributed by atoms with van der Waals surface area (Å²) in [7, 11) is 5.08. The van der Waals surface area contributed by atoms with Crippen molar-refractivity contribution in [2.45, 2.75) is 19.5 Å². The molecule has 1 unspecified atom stereocenters. The van der Waals surface area contributed by atoms with Crippen LogP contribution in [0.25, 0.3) is 0 Å². The number of aliphatic imine (C=N–C) groups is 1. The van der Waals surface area contributed by atoms with E-state index < -0.39 is 0 Å². The maximum absolute atomic E-state index is 5.56. The van der Waals surface area contributed by atoms with Crippen molar-refractivity contribution in [3.05, 3.63) is 59.2 Å². The minimum Gasteiger partial charge on any atom is -0.493 e. The summed E-state index contributed by atoms with van der Waals surface area (Å²) >= 11 is 0. The summed E-state index contributed by atoms with van der Waals surface area (Å²) in [4.78, 5) is 6.87. The summed E-state index contributed by atoms with van der Waals surface area (Å²) < 4.78 is 16.3. The molecule has 31 heavy (non-hydrogen) atoms. The molecule has 2 aromatic carbocycles. The molecule has 168 valence electrons. The van der Waals surface area contributed by atoms with Gasteiger partial charge in [-0.2, -0.15) is 0 Å². The van der Waals surface area contributed by atoms with Gasteiger partial charge in [-0.15, -0.1) is 0 Å². The second-order valence-corrected chi connectivity index (χ2v) is 7.57. The number of hydrogen-bond acceptors (Lipinski definition) is 5. The van der Waals surface area contributed by atoms with Crippen molar-refractivity contribution in [1.82, 2.24) is 15.5 Å². The Morgan fingerprint density at radius 3 is 2.39 bits per heavy atom. The van der Waals surface area contributed by atoms with Gasteiger partial charge >= 0.3 is 0 Å². The van der Waals surface area contributed by atoms with Crippen molar-refractivity contribution >= 4 is 5.96 Å². The first-order valence-corrected chi connectivity index (χ1v) is 10.7. The second-order valence-electron chi connectivity index (χ2n) is 7.57. The molecule has 0 saturated carbocycles. The van der Waals surface area contributed by atoms with E-state index in [9.17, 15) is 0 Å². The zero-order chi connectivity index (χ0) is 22.1. The van der Waals surface area contributed by atoms with E-state index in [0.29, 0.717) is 6.54 Å². The lowest BCUT2D eigenvalue weighted by atomic mass is 10.0. The van der Waals surface area contributed by atoms with Crippen molar-refractivity contribution in [2.24, 2.45) is 4.99 Å². The van der Waals surface area contributed by atoms with Crippen LogP contribution < -0.4 is 20.1 Å². The summed E-state index contributed by atoms with van der Waals surface area (Å²) in [5.41, 5.74) is 3.66. The highest BCUT2D eigenvalue weighted by Crippen LogP contribution is 2.27. The highest BCUT2D eigenvalue weighted by atomic mass is 16.5. The van der Waals surface area contributed by atoms with Gasteiger partial charge in [0.1, 0.15) is 0 Å². The molecule has 0 radical (unpaired) electrons. The SMILES string of the molecule is CN=C(NCc1ccc(OC)c(OC)c1)NCC(c1ccc(C)cc1)N1CCOCC1. The molecule has 1 heterocycles. The minimum absolute atomic E-state index is 0.254. The first kappa shape index (κ1) is 22.9. The molecule has 0 aliphatic carbocycles. The van der Waals surface area contributed by atoms with Crippen LogP contribution in [0.3, 0.4) is 0 Å². The van der Waals surface area contributed by atoms with Crippen molar-refractivity contribution in [3.8, 4) is 11.5 Å². The molecule has 3 rings (SSSR count). The van der Waals surface area contributed by atoms with Crippen molar-refractivity contribution in [1.29, 1.82) is 0 Å². The van der Waals surface area contributed by atoms with Crippen LogP contribution in [-0.2, 0) is 11.3 Å². The molecule has 1 fully saturated rings. The number of morpholine rings is 1. The van der Waals surface area contributed by atoms with Crippen LogP contribution in [0.5, 0.6) is 11.5 Å². The first-order chi connectivity index (χ1) is 15.1. The van der Waals surface area contributed by atoms with E-state index >= 15 is 0 Å². The van der Waals surface area contributed by atoms with Crippen molar-refractivity contribution < 1.29 is 14.2 Å². The van der Waals surface area contributed by atoms with Crippen LogP contribution in [0.4, 0.5) is 0 Å². The van der Waals surface area contributed by atoms with Gasteiger partial charge in [0.15, 0.2) is 17.5 Å². The lowest BCUT2D eigenvalue weighted by Crippen LogP contribution is -2.46. The zero-order valence-electron chi connectivity index (χ0n) is 19.0. The van der Waals surface area contributed by atoms with Crippen LogP contribution >= 0.6 is 0 Å². The average Bonchev–Trinajstić information content (AvgIpc) is 2.82. The van der Waals surface area contributed by atoms with Gasteiger partial charge in [-0.1, -0.05) is 35.9 Å². The molecule has 1 aliphatic rings. The van der Waals surface area contributed by atoms with Gasteiger partial charge < -0.3 is 24.8 Å². The fraction of sp³-hybridized carbons (Fsp3) is 0.458. The highest BCUT2D eigenvalue weighted by molar-refractivity contribution is 5.79.